The van der Waals surface area contributed by atoms with Gasteiger partial charge in [0.25, 0.3) is 0 Å². The minimum absolute atomic E-state index is 0.487. The second-order valence-electron chi connectivity index (χ2n) is 2.87. The van der Waals surface area contributed by atoms with E-state index in [0.29, 0.717) is 12.1 Å². The Hall–Kier alpha value is -0.500. The van der Waals surface area contributed by atoms with E-state index < -0.39 is 0 Å². The molecule has 0 radical (unpaired) electrons. The van der Waals surface area contributed by atoms with Crippen LogP contribution in [0.5, 0.6) is 0 Å². The summed E-state index contributed by atoms with van der Waals surface area (Å²) >= 11 is 0. The van der Waals surface area contributed by atoms with E-state index >= 15 is 0 Å². The summed E-state index contributed by atoms with van der Waals surface area (Å²) in [4.78, 5) is 2.24. The number of nitrogens with zero attached hydrogens (tertiary/aromatic N) is 1. The van der Waals surface area contributed by atoms with Gasteiger partial charge in [-0.1, -0.05) is 6.58 Å². The summed E-state index contributed by atoms with van der Waals surface area (Å²) in [6.07, 6.45) is 1.90. The molecule has 0 saturated carbocycles. The number of hydrogen-bond acceptors (Lipinski definition) is 2. The Morgan fingerprint density at radius 2 is 1.90 bits per heavy atom. The van der Waals surface area contributed by atoms with Crippen LogP contribution in [0.4, 0.5) is 0 Å². The highest BCUT2D eigenvalue weighted by Gasteiger charge is 2.21. The first-order valence-electron chi connectivity index (χ1n) is 3.73. The molecule has 2 heteroatoms. The minimum atomic E-state index is 0.487. The normalized spacial score (nSPS) is 34.0. The Bertz CT molecular complexity index is 114. The fourth-order valence-corrected chi connectivity index (χ4v) is 1.38. The predicted octanol–water partition coefficient (Wildman–Crippen LogP) is 1.24. The lowest BCUT2D eigenvalue weighted by atomic mass is 10.2. The summed E-state index contributed by atoms with van der Waals surface area (Å²) < 4.78 is 5.34. The number of hydrogen-bond donors (Lipinski definition) is 0. The van der Waals surface area contributed by atoms with Gasteiger partial charge in [-0.15, -0.1) is 0 Å². The summed E-state index contributed by atoms with van der Waals surface area (Å²) in [6.45, 7) is 9.72. The van der Waals surface area contributed by atoms with Crippen molar-refractivity contribution in [1.82, 2.24) is 4.90 Å². The molecule has 0 aliphatic carbocycles. The summed E-state index contributed by atoms with van der Waals surface area (Å²) in [5.41, 5.74) is 0. The molecule has 0 aromatic rings. The molecule has 1 rings (SSSR count). The quantitative estimate of drug-likeness (QED) is 0.544. The maximum absolute atomic E-state index is 5.34. The molecule has 0 N–H and O–H groups in total. The van der Waals surface area contributed by atoms with E-state index in [2.05, 4.69) is 25.3 Å². The molecule has 1 aliphatic heterocycles. The van der Waals surface area contributed by atoms with E-state index in [1.165, 1.54) is 0 Å². The largest absolute Gasteiger partial charge is 0.377 e. The first-order chi connectivity index (χ1) is 4.75. The average molecular weight is 141 g/mol. The summed E-state index contributed by atoms with van der Waals surface area (Å²) in [5, 5.41) is 0. The van der Waals surface area contributed by atoms with Crippen molar-refractivity contribution in [2.45, 2.75) is 25.9 Å². The van der Waals surface area contributed by atoms with Crippen molar-refractivity contribution in [3.63, 3.8) is 0 Å². The lowest BCUT2D eigenvalue weighted by Crippen LogP contribution is -2.45. The maximum atomic E-state index is 5.34. The highest BCUT2D eigenvalue weighted by molar-refractivity contribution is 4.84. The molecule has 2 nitrogen and oxygen atoms in total. The first kappa shape index (κ1) is 7.61. The third-order valence-corrected chi connectivity index (χ3v) is 1.95. The van der Waals surface area contributed by atoms with Gasteiger partial charge in [-0.2, -0.15) is 0 Å². The van der Waals surface area contributed by atoms with Crippen molar-refractivity contribution in [2.24, 2.45) is 0 Å². The van der Waals surface area contributed by atoms with Gasteiger partial charge in [0.05, 0.1) is 13.2 Å². The third kappa shape index (κ3) is 1.32. The molecule has 0 bridgehead atoms. The van der Waals surface area contributed by atoms with Crippen LogP contribution in [0.15, 0.2) is 12.8 Å². The third-order valence-electron chi connectivity index (χ3n) is 1.95. The van der Waals surface area contributed by atoms with Crippen LogP contribution < -0.4 is 0 Å². The molecular formula is C8H15NO. The van der Waals surface area contributed by atoms with Gasteiger partial charge in [0.2, 0.25) is 0 Å². The van der Waals surface area contributed by atoms with Gasteiger partial charge < -0.3 is 9.64 Å². The average Bonchev–Trinajstić information content (AvgIpc) is 1.88. The zero-order valence-corrected chi connectivity index (χ0v) is 6.71. The van der Waals surface area contributed by atoms with E-state index in [-0.39, 0.29) is 0 Å². The molecule has 0 aromatic heterocycles. The summed E-state index contributed by atoms with van der Waals surface area (Å²) in [5.74, 6) is 0. The molecule has 1 saturated heterocycles. The van der Waals surface area contributed by atoms with Crippen LogP contribution in [-0.2, 0) is 4.74 Å². The molecule has 0 amide bonds. The lowest BCUT2D eigenvalue weighted by molar-refractivity contribution is -0.0114. The zero-order valence-electron chi connectivity index (χ0n) is 6.71. The molecule has 1 heterocycles. The van der Waals surface area contributed by atoms with E-state index in [4.69, 9.17) is 4.74 Å². The SMILES string of the molecule is C=CN1C(C)COCC1C. The van der Waals surface area contributed by atoms with Crippen LogP contribution in [0.1, 0.15) is 13.8 Å². The highest BCUT2D eigenvalue weighted by atomic mass is 16.5. The molecule has 0 aromatic carbocycles. The lowest BCUT2D eigenvalue weighted by Gasteiger charge is -2.37. The maximum Gasteiger partial charge on any atom is 0.0668 e. The standard InChI is InChI=1S/C8H15NO/c1-4-9-7(2)5-10-6-8(9)3/h4,7-8H,1,5-6H2,2-3H3. The van der Waals surface area contributed by atoms with Crippen molar-refractivity contribution < 1.29 is 4.74 Å². The molecular weight excluding hydrogens is 126 g/mol. The van der Waals surface area contributed by atoms with Gasteiger partial charge >= 0.3 is 0 Å². The molecule has 1 aliphatic rings. The number of ether oxygens (including phenoxy) is 1. The van der Waals surface area contributed by atoms with Gasteiger partial charge in [-0.25, -0.2) is 0 Å². The van der Waals surface area contributed by atoms with Crippen LogP contribution in [0.3, 0.4) is 0 Å². The Morgan fingerprint density at radius 1 is 1.40 bits per heavy atom. The van der Waals surface area contributed by atoms with Crippen molar-refractivity contribution in [1.29, 1.82) is 0 Å². The molecule has 10 heavy (non-hydrogen) atoms. The highest BCUT2D eigenvalue weighted by Crippen LogP contribution is 2.11. The van der Waals surface area contributed by atoms with E-state index in [9.17, 15) is 0 Å². The second kappa shape index (κ2) is 3.06. The second-order valence-corrected chi connectivity index (χ2v) is 2.87. The van der Waals surface area contributed by atoms with Crippen molar-refractivity contribution in [3.8, 4) is 0 Å². The molecule has 2 unspecified atom stereocenters. The monoisotopic (exact) mass is 141 g/mol. The van der Waals surface area contributed by atoms with Gasteiger partial charge in [0.15, 0.2) is 0 Å². The predicted molar refractivity (Wildman–Crippen MR) is 41.8 cm³/mol. The molecule has 0 spiro atoms. The van der Waals surface area contributed by atoms with Gasteiger partial charge in [0, 0.05) is 12.1 Å². The minimum Gasteiger partial charge on any atom is -0.377 e. The topological polar surface area (TPSA) is 12.5 Å². The van der Waals surface area contributed by atoms with Crippen LogP contribution in [0.25, 0.3) is 0 Å². The summed E-state index contributed by atoms with van der Waals surface area (Å²) in [7, 11) is 0. The molecule has 2 atom stereocenters. The van der Waals surface area contributed by atoms with Crippen molar-refractivity contribution >= 4 is 0 Å². The van der Waals surface area contributed by atoms with Gasteiger partial charge in [-0.3, -0.25) is 0 Å². The Morgan fingerprint density at radius 3 is 2.20 bits per heavy atom. The van der Waals surface area contributed by atoms with E-state index in [1.807, 2.05) is 6.20 Å². The van der Waals surface area contributed by atoms with Crippen LogP contribution in [0, 0.1) is 0 Å². The van der Waals surface area contributed by atoms with Crippen LogP contribution in [-0.4, -0.2) is 30.2 Å². The van der Waals surface area contributed by atoms with E-state index in [0.717, 1.165) is 13.2 Å². The summed E-state index contributed by atoms with van der Waals surface area (Å²) in [6, 6.07) is 0.975. The van der Waals surface area contributed by atoms with Crippen LogP contribution >= 0.6 is 0 Å². The Labute approximate surface area is 62.5 Å². The van der Waals surface area contributed by atoms with Crippen molar-refractivity contribution in [3.05, 3.63) is 12.8 Å². The fraction of sp³-hybridized carbons (Fsp3) is 0.750. The first-order valence-corrected chi connectivity index (χ1v) is 3.73. The zero-order chi connectivity index (χ0) is 7.56. The number of rotatable bonds is 1. The Kier molecular flexibility index (Phi) is 2.33. The Balaban J connectivity index is 2.53. The van der Waals surface area contributed by atoms with Crippen LogP contribution in [0.2, 0.25) is 0 Å². The smallest absolute Gasteiger partial charge is 0.0668 e. The fourth-order valence-electron chi connectivity index (χ4n) is 1.38. The van der Waals surface area contributed by atoms with Crippen molar-refractivity contribution in [2.75, 3.05) is 13.2 Å². The molecule has 1 fully saturated rings. The van der Waals surface area contributed by atoms with Gasteiger partial charge in [0.1, 0.15) is 0 Å². The van der Waals surface area contributed by atoms with E-state index in [1.54, 1.807) is 0 Å². The van der Waals surface area contributed by atoms with Gasteiger partial charge in [-0.05, 0) is 20.0 Å². The molecule has 58 valence electrons. The number of morpholine rings is 1.